The maximum absolute atomic E-state index is 11.0. The van der Waals surface area contributed by atoms with Crippen molar-refractivity contribution in [1.82, 2.24) is 15.1 Å². The Morgan fingerprint density at radius 2 is 2.38 bits per heavy atom. The Hall–Kier alpha value is -1.36. The van der Waals surface area contributed by atoms with Gasteiger partial charge in [0.1, 0.15) is 6.04 Å². The van der Waals surface area contributed by atoms with Gasteiger partial charge < -0.3 is 10.4 Å². The zero-order valence-electron chi connectivity index (χ0n) is 9.97. The summed E-state index contributed by atoms with van der Waals surface area (Å²) in [4.78, 5) is 11.0. The van der Waals surface area contributed by atoms with Crippen molar-refractivity contribution in [3.63, 3.8) is 0 Å². The van der Waals surface area contributed by atoms with Crippen LogP contribution in [0.25, 0.3) is 0 Å². The second-order valence-corrected chi connectivity index (χ2v) is 3.92. The van der Waals surface area contributed by atoms with Crippen LogP contribution in [-0.2, 0) is 11.2 Å². The molecule has 1 aromatic rings. The molecule has 0 aromatic carbocycles. The van der Waals surface area contributed by atoms with E-state index >= 15 is 0 Å². The molecule has 0 spiro atoms. The lowest BCUT2D eigenvalue weighted by atomic mass is 10.1. The number of nitrogens with zero attached hydrogens (tertiary/aromatic N) is 2. The number of carboxylic acid groups (broad SMARTS) is 1. The summed E-state index contributed by atoms with van der Waals surface area (Å²) in [7, 11) is 1.64. The molecule has 0 aliphatic heterocycles. The largest absolute Gasteiger partial charge is 0.480 e. The summed E-state index contributed by atoms with van der Waals surface area (Å²) in [5, 5.41) is 16.0. The first-order valence-corrected chi connectivity index (χ1v) is 5.53. The first kappa shape index (κ1) is 12.7. The van der Waals surface area contributed by atoms with E-state index in [0.29, 0.717) is 0 Å². The van der Waals surface area contributed by atoms with Gasteiger partial charge in [-0.1, -0.05) is 13.3 Å². The number of hydrogen-bond donors (Lipinski definition) is 2. The SMILES string of the molecule is CCCc1cnn(C(C)C(NC)C(=O)O)c1. The molecule has 0 saturated carbocycles. The van der Waals surface area contributed by atoms with Crippen LogP contribution in [0.1, 0.15) is 31.9 Å². The number of aryl methyl sites for hydroxylation is 1. The van der Waals surface area contributed by atoms with E-state index in [1.807, 2.05) is 13.1 Å². The number of aliphatic carboxylic acids is 1. The van der Waals surface area contributed by atoms with Crippen LogP contribution in [0, 0.1) is 0 Å². The fourth-order valence-electron chi connectivity index (χ4n) is 1.74. The number of rotatable bonds is 6. The maximum atomic E-state index is 11.0. The van der Waals surface area contributed by atoms with Crippen LogP contribution in [0.3, 0.4) is 0 Å². The Balaban J connectivity index is 2.77. The van der Waals surface area contributed by atoms with Crippen molar-refractivity contribution >= 4 is 5.97 Å². The van der Waals surface area contributed by atoms with Gasteiger partial charge >= 0.3 is 5.97 Å². The number of carboxylic acids is 1. The van der Waals surface area contributed by atoms with Gasteiger partial charge in [-0.15, -0.1) is 0 Å². The fourth-order valence-corrected chi connectivity index (χ4v) is 1.74. The molecule has 2 unspecified atom stereocenters. The lowest BCUT2D eigenvalue weighted by Gasteiger charge is -2.19. The molecule has 0 saturated heterocycles. The van der Waals surface area contributed by atoms with Gasteiger partial charge in [0.05, 0.1) is 12.2 Å². The predicted octanol–water partition coefficient (Wildman–Crippen LogP) is 1.07. The lowest BCUT2D eigenvalue weighted by Crippen LogP contribution is -2.40. The minimum absolute atomic E-state index is 0.201. The van der Waals surface area contributed by atoms with E-state index in [1.54, 1.807) is 17.9 Å². The Morgan fingerprint density at radius 3 is 2.88 bits per heavy atom. The summed E-state index contributed by atoms with van der Waals surface area (Å²) in [6.45, 7) is 3.95. The average Bonchev–Trinajstić information content (AvgIpc) is 2.67. The molecule has 1 heterocycles. The van der Waals surface area contributed by atoms with Crippen LogP contribution in [0.5, 0.6) is 0 Å². The van der Waals surface area contributed by atoms with Gasteiger partial charge in [0.2, 0.25) is 0 Å². The molecule has 1 rings (SSSR count). The molecule has 1 aromatic heterocycles. The molecule has 0 fully saturated rings. The average molecular weight is 225 g/mol. The Morgan fingerprint density at radius 1 is 1.69 bits per heavy atom. The van der Waals surface area contributed by atoms with Gasteiger partial charge in [0, 0.05) is 6.20 Å². The fraction of sp³-hybridized carbons (Fsp3) is 0.636. The van der Waals surface area contributed by atoms with Crippen molar-refractivity contribution in [1.29, 1.82) is 0 Å². The van der Waals surface area contributed by atoms with Crippen molar-refractivity contribution in [2.24, 2.45) is 0 Å². The van der Waals surface area contributed by atoms with Crippen LogP contribution in [-0.4, -0.2) is 33.9 Å². The van der Waals surface area contributed by atoms with Gasteiger partial charge in [-0.2, -0.15) is 5.10 Å². The molecule has 5 nitrogen and oxygen atoms in total. The molecule has 2 atom stereocenters. The van der Waals surface area contributed by atoms with E-state index in [2.05, 4.69) is 17.3 Å². The summed E-state index contributed by atoms with van der Waals surface area (Å²) in [5.41, 5.74) is 1.15. The molecule has 0 amide bonds. The Labute approximate surface area is 95.5 Å². The smallest absolute Gasteiger partial charge is 0.322 e. The van der Waals surface area contributed by atoms with Crippen molar-refractivity contribution < 1.29 is 9.90 Å². The number of aromatic nitrogens is 2. The molecular formula is C11H19N3O2. The molecule has 0 radical (unpaired) electrons. The lowest BCUT2D eigenvalue weighted by molar-refractivity contribution is -0.140. The standard InChI is InChI=1S/C11H19N3O2/c1-4-5-9-6-13-14(7-9)8(2)10(12-3)11(15)16/h6-8,10,12H,4-5H2,1-3H3,(H,15,16). The second-order valence-electron chi connectivity index (χ2n) is 3.92. The van der Waals surface area contributed by atoms with Gasteiger partial charge in [0.15, 0.2) is 0 Å². The molecule has 0 aliphatic rings. The molecule has 5 heteroatoms. The van der Waals surface area contributed by atoms with E-state index in [4.69, 9.17) is 5.11 Å². The van der Waals surface area contributed by atoms with E-state index in [9.17, 15) is 4.79 Å². The van der Waals surface area contributed by atoms with Crippen LogP contribution >= 0.6 is 0 Å². The number of hydrogen-bond acceptors (Lipinski definition) is 3. The second kappa shape index (κ2) is 5.65. The van der Waals surface area contributed by atoms with E-state index in [1.165, 1.54) is 0 Å². The van der Waals surface area contributed by atoms with E-state index in [-0.39, 0.29) is 6.04 Å². The van der Waals surface area contributed by atoms with Crippen molar-refractivity contribution in [3.05, 3.63) is 18.0 Å². The van der Waals surface area contributed by atoms with E-state index < -0.39 is 12.0 Å². The summed E-state index contributed by atoms with van der Waals surface area (Å²) >= 11 is 0. The summed E-state index contributed by atoms with van der Waals surface area (Å²) in [6.07, 6.45) is 5.76. The highest BCUT2D eigenvalue weighted by molar-refractivity contribution is 5.74. The number of carbonyl (C=O) groups is 1. The Bertz CT molecular complexity index is 349. The highest BCUT2D eigenvalue weighted by Gasteiger charge is 2.24. The molecule has 2 N–H and O–H groups in total. The zero-order valence-corrected chi connectivity index (χ0v) is 9.97. The zero-order chi connectivity index (χ0) is 12.1. The van der Waals surface area contributed by atoms with Gasteiger partial charge in [-0.3, -0.25) is 9.48 Å². The van der Waals surface area contributed by atoms with Gasteiger partial charge in [0.25, 0.3) is 0 Å². The Kier molecular flexibility index (Phi) is 4.49. The van der Waals surface area contributed by atoms with Gasteiger partial charge in [-0.25, -0.2) is 0 Å². The molecule has 90 valence electrons. The highest BCUT2D eigenvalue weighted by atomic mass is 16.4. The minimum atomic E-state index is -0.859. The van der Waals surface area contributed by atoms with Crippen molar-refractivity contribution in [3.8, 4) is 0 Å². The molecule has 0 aliphatic carbocycles. The monoisotopic (exact) mass is 225 g/mol. The quantitative estimate of drug-likeness (QED) is 0.760. The maximum Gasteiger partial charge on any atom is 0.322 e. The van der Waals surface area contributed by atoms with Crippen molar-refractivity contribution in [2.75, 3.05) is 7.05 Å². The summed E-state index contributed by atoms with van der Waals surface area (Å²) < 4.78 is 1.71. The third kappa shape index (κ3) is 2.82. The first-order valence-electron chi connectivity index (χ1n) is 5.53. The van der Waals surface area contributed by atoms with Crippen LogP contribution in [0.15, 0.2) is 12.4 Å². The van der Waals surface area contributed by atoms with Crippen molar-refractivity contribution in [2.45, 2.75) is 38.8 Å². The minimum Gasteiger partial charge on any atom is -0.480 e. The van der Waals surface area contributed by atoms with Crippen LogP contribution in [0.4, 0.5) is 0 Å². The molecule has 16 heavy (non-hydrogen) atoms. The first-order chi connectivity index (χ1) is 7.60. The third-order valence-electron chi connectivity index (χ3n) is 2.67. The summed E-state index contributed by atoms with van der Waals surface area (Å²) in [5.74, 6) is -0.859. The number of likely N-dealkylation sites (N-methyl/N-ethyl adjacent to an activating group) is 1. The molecular weight excluding hydrogens is 206 g/mol. The highest BCUT2D eigenvalue weighted by Crippen LogP contribution is 2.12. The topological polar surface area (TPSA) is 67.2 Å². The molecule has 0 bridgehead atoms. The normalized spacial score (nSPS) is 14.7. The number of nitrogens with one attached hydrogen (secondary N) is 1. The van der Waals surface area contributed by atoms with Crippen LogP contribution in [0.2, 0.25) is 0 Å². The van der Waals surface area contributed by atoms with Crippen LogP contribution < -0.4 is 5.32 Å². The van der Waals surface area contributed by atoms with E-state index in [0.717, 1.165) is 18.4 Å². The summed E-state index contributed by atoms with van der Waals surface area (Å²) in [6, 6.07) is -0.817. The third-order valence-corrected chi connectivity index (χ3v) is 2.67. The van der Waals surface area contributed by atoms with Gasteiger partial charge in [-0.05, 0) is 26.0 Å². The predicted molar refractivity (Wildman–Crippen MR) is 61.4 cm³/mol.